The number of halogens is 1. The normalized spacial score (nSPS) is 18.0. The molecular formula is C22H28FNO3. The van der Waals surface area contributed by atoms with Gasteiger partial charge in [-0.25, -0.2) is 4.39 Å². The van der Waals surface area contributed by atoms with Gasteiger partial charge in [0.2, 0.25) is 0 Å². The lowest BCUT2D eigenvalue weighted by Crippen LogP contribution is -2.28. The highest BCUT2D eigenvalue weighted by atomic mass is 19.1. The van der Waals surface area contributed by atoms with Crippen LogP contribution in [0.1, 0.15) is 42.9 Å². The number of likely N-dealkylation sites (tertiary alicyclic amines) is 1. The molecule has 1 aliphatic heterocycles. The third-order valence-electron chi connectivity index (χ3n) is 5.26. The quantitative estimate of drug-likeness (QED) is 0.715. The van der Waals surface area contributed by atoms with Gasteiger partial charge in [0.25, 0.3) is 0 Å². The van der Waals surface area contributed by atoms with Crippen LogP contribution in [0, 0.1) is 5.82 Å². The third kappa shape index (κ3) is 4.53. The SMILES string of the molecule is COc1cc(OC)c(OC)cc1CN1CCCCC[C@H]1c1cccc(F)c1. The van der Waals surface area contributed by atoms with Crippen molar-refractivity contribution in [2.24, 2.45) is 0 Å². The highest BCUT2D eigenvalue weighted by Crippen LogP contribution is 2.38. The fraction of sp³-hybridized carbons (Fsp3) is 0.455. The predicted molar refractivity (Wildman–Crippen MR) is 104 cm³/mol. The summed E-state index contributed by atoms with van der Waals surface area (Å²) in [7, 11) is 4.92. The first-order chi connectivity index (χ1) is 13.2. The molecule has 0 saturated carbocycles. The lowest BCUT2D eigenvalue weighted by molar-refractivity contribution is 0.189. The molecule has 2 aromatic carbocycles. The Hall–Kier alpha value is -2.27. The Labute approximate surface area is 160 Å². The Bertz CT molecular complexity index is 765. The van der Waals surface area contributed by atoms with E-state index in [1.165, 1.54) is 12.5 Å². The second-order valence-corrected chi connectivity index (χ2v) is 6.91. The Morgan fingerprint density at radius 3 is 2.37 bits per heavy atom. The van der Waals surface area contributed by atoms with Crippen molar-refractivity contribution in [1.29, 1.82) is 0 Å². The zero-order chi connectivity index (χ0) is 19.2. The van der Waals surface area contributed by atoms with Gasteiger partial charge in [0.15, 0.2) is 11.5 Å². The first kappa shape index (κ1) is 19.5. The summed E-state index contributed by atoms with van der Waals surface area (Å²) in [5.74, 6) is 1.93. The molecule has 1 atom stereocenters. The first-order valence-corrected chi connectivity index (χ1v) is 9.44. The minimum atomic E-state index is -0.180. The van der Waals surface area contributed by atoms with Crippen LogP contribution in [-0.2, 0) is 6.54 Å². The van der Waals surface area contributed by atoms with Crippen molar-refractivity contribution < 1.29 is 18.6 Å². The maximum atomic E-state index is 13.8. The second kappa shape index (κ2) is 9.09. The largest absolute Gasteiger partial charge is 0.496 e. The van der Waals surface area contributed by atoms with Gasteiger partial charge in [-0.2, -0.15) is 0 Å². The van der Waals surface area contributed by atoms with E-state index in [1.807, 2.05) is 18.2 Å². The zero-order valence-electron chi connectivity index (χ0n) is 16.3. The van der Waals surface area contributed by atoms with Crippen molar-refractivity contribution in [3.05, 3.63) is 53.3 Å². The molecule has 4 nitrogen and oxygen atoms in total. The molecule has 0 radical (unpaired) electrons. The Morgan fingerprint density at radius 2 is 1.67 bits per heavy atom. The summed E-state index contributed by atoms with van der Waals surface area (Å²) >= 11 is 0. The fourth-order valence-corrected chi connectivity index (χ4v) is 3.88. The molecule has 5 heteroatoms. The van der Waals surface area contributed by atoms with E-state index in [9.17, 15) is 4.39 Å². The number of hydrogen-bond donors (Lipinski definition) is 0. The lowest BCUT2D eigenvalue weighted by atomic mass is 10.00. The van der Waals surface area contributed by atoms with Crippen molar-refractivity contribution in [2.45, 2.75) is 38.3 Å². The molecule has 0 unspecified atom stereocenters. The van der Waals surface area contributed by atoms with Gasteiger partial charge in [-0.05, 0) is 43.1 Å². The van der Waals surface area contributed by atoms with E-state index in [4.69, 9.17) is 14.2 Å². The van der Waals surface area contributed by atoms with Crippen LogP contribution in [0.25, 0.3) is 0 Å². The summed E-state index contributed by atoms with van der Waals surface area (Å²) in [6, 6.07) is 11.0. The van der Waals surface area contributed by atoms with Crippen LogP contribution >= 0.6 is 0 Å². The van der Waals surface area contributed by atoms with Gasteiger partial charge >= 0.3 is 0 Å². The summed E-state index contributed by atoms with van der Waals surface area (Å²) < 4.78 is 30.3. The molecular weight excluding hydrogens is 345 g/mol. The number of benzene rings is 2. The van der Waals surface area contributed by atoms with Crippen LogP contribution in [0.5, 0.6) is 17.2 Å². The smallest absolute Gasteiger partial charge is 0.164 e. The van der Waals surface area contributed by atoms with Crippen LogP contribution in [0.2, 0.25) is 0 Å². The van der Waals surface area contributed by atoms with Crippen molar-refractivity contribution in [2.75, 3.05) is 27.9 Å². The van der Waals surface area contributed by atoms with Gasteiger partial charge in [0.05, 0.1) is 21.3 Å². The van der Waals surface area contributed by atoms with Gasteiger partial charge in [-0.1, -0.05) is 25.0 Å². The summed E-state index contributed by atoms with van der Waals surface area (Å²) in [5, 5.41) is 0. The number of hydrogen-bond acceptors (Lipinski definition) is 4. The van der Waals surface area contributed by atoms with Crippen LogP contribution in [0.4, 0.5) is 4.39 Å². The van der Waals surface area contributed by atoms with Crippen molar-refractivity contribution in [3.8, 4) is 17.2 Å². The van der Waals surface area contributed by atoms with Gasteiger partial charge < -0.3 is 14.2 Å². The Kier molecular flexibility index (Phi) is 6.56. The van der Waals surface area contributed by atoms with Crippen LogP contribution in [0.15, 0.2) is 36.4 Å². The molecule has 0 bridgehead atoms. The molecule has 0 amide bonds. The van der Waals surface area contributed by atoms with Gasteiger partial charge in [-0.15, -0.1) is 0 Å². The zero-order valence-corrected chi connectivity index (χ0v) is 16.3. The molecule has 3 rings (SSSR count). The minimum Gasteiger partial charge on any atom is -0.496 e. The van der Waals surface area contributed by atoms with E-state index in [0.717, 1.165) is 42.7 Å². The van der Waals surface area contributed by atoms with E-state index < -0.39 is 0 Å². The Balaban J connectivity index is 1.93. The van der Waals surface area contributed by atoms with E-state index in [1.54, 1.807) is 33.5 Å². The molecule has 27 heavy (non-hydrogen) atoms. The molecule has 0 aromatic heterocycles. The average Bonchev–Trinajstić information content (AvgIpc) is 2.93. The molecule has 1 aliphatic rings. The molecule has 1 fully saturated rings. The average molecular weight is 373 g/mol. The summed E-state index contributed by atoms with van der Waals surface area (Å²) in [6.07, 6.45) is 4.52. The molecule has 146 valence electrons. The number of ether oxygens (including phenoxy) is 3. The van der Waals surface area contributed by atoms with Crippen LogP contribution in [0.3, 0.4) is 0 Å². The number of rotatable bonds is 6. The third-order valence-corrected chi connectivity index (χ3v) is 5.26. The molecule has 0 N–H and O–H groups in total. The van der Waals surface area contributed by atoms with Crippen molar-refractivity contribution in [3.63, 3.8) is 0 Å². The molecule has 0 aliphatic carbocycles. The lowest BCUT2D eigenvalue weighted by Gasteiger charge is -2.31. The molecule has 1 heterocycles. The summed E-state index contributed by atoms with van der Waals surface area (Å²) in [5.41, 5.74) is 2.08. The summed E-state index contributed by atoms with van der Waals surface area (Å²) in [6.45, 7) is 1.68. The maximum Gasteiger partial charge on any atom is 0.164 e. The molecule has 2 aromatic rings. The summed E-state index contributed by atoms with van der Waals surface area (Å²) in [4.78, 5) is 2.42. The van der Waals surface area contributed by atoms with E-state index in [2.05, 4.69) is 4.90 Å². The second-order valence-electron chi connectivity index (χ2n) is 6.91. The van der Waals surface area contributed by atoms with Crippen molar-refractivity contribution >= 4 is 0 Å². The van der Waals surface area contributed by atoms with Crippen LogP contribution < -0.4 is 14.2 Å². The topological polar surface area (TPSA) is 30.9 Å². The number of nitrogens with zero attached hydrogens (tertiary/aromatic N) is 1. The molecule has 0 spiro atoms. The maximum absolute atomic E-state index is 13.8. The first-order valence-electron chi connectivity index (χ1n) is 9.44. The van der Waals surface area contributed by atoms with Crippen molar-refractivity contribution in [1.82, 2.24) is 4.90 Å². The monoisotopic (exact) mass is 373 g/mol. The highest BCUT2D eigenvalue weighted by Gasteiger charge is 2.25. The van der Waals surface area contributed by atoms with Gasteiger partial charge in [-0.3, -0.25) is 4.90 Å². The van der Waals surface area contributed by atoms with E-state index in [-0.39, 0.29) is 11.9 Å². The van der Waals surface area contributed by atoms with E-state index >= 15 is 0 Å². The predicted octanol–water partition coefficient (Wildman–Crippen LogP) is 4.97. The standard InChI is InChI=1S/C22H28FNO3/c1-25-20-14-22(27-3)21(26-2)13-17(20)15-24-11-6-4-5-10-19(24)16-8-7-9-18(23)12-16/h7-9,12-14,19H,4-6,10-11,15H2,1-3H3/t19-/m0/s1. The highest BCUT2D eigenvalue weighted by molar-refractivity contribution is 5.50. The Morgan fingerprint density at radius 1 is 0.926 bits per heavy atom. The fourth-order valence-electron chi connectivity index (χ4n) is 3.88. The van der Waals surface area contributed by atoms with Gasteiger partial charge in [0.1, 0.15) is 11.6 Å². The number of methoxy groups -OCH3 is 3. The van der Waals surface area contributed by atoms with Crippen LogP contribution in [-0.4, -0.2) is 32.8 Å². The molecule has 1 saturated heterocycles. The van der Waals surface area contributed by atoms with E-state index in [0.29, 0.717) is 18.0 Å². The van der Waals surface area contributed by atoms with Gasteiger partial charge in [0, 0.05) is 24.2 Å². The minimum absolute atomic E-state index is 0.180.